The Morgan fingerprint density at radius 2 is 2.00 bits per heavy atom. The van der Waals surface area contributed by atoms with Gasteiger partial charge >= 0.3 is 5.69 Å². The van der Waals surface area contributed by atoms with Gasteiger partial charge in [0.05, 0.1) is 0 Å². The summed E-state index contributed by atoms with van der Waals surface area (Å²) in [5, 5.41) is 0. The Kier molecular flexibility index (Phi) is 3.64. The molecule has 0 spiro atoms. The van der Waals surface area contributed by atoms with Crippen LogP contribution in [0.2, 0.25) is 0 Å². The van der Waals surface area contributed by atoms with Crippen molar-refractivity contribution in [2.24, 2.45) is 0 Å². The number of aryl methyl sites for hydroxylation is 1. The molecule has 0 aliphatic carbocycles. The zero-order chi connectivity index (χ0) is 10.7. The van der Waals surface area contributed by atoms with Crippen LogP contribution >= 0.6 is 8.73 Å². The van der Waals surface area contributed by atoms with E-state index in [9.17, 15) is 9.59 Å². The fourth-order valence-electron chi connectivity index (χ4n) is 1.41. The first-order chi connectivity index (χ1) is 6.65. The Morgan fingerprint density at radius 1 is 1.36 bits per heavy atom. The van der Waals surface area contributed by atoms with Crippen LogP contribution in [0.5, 0.6) is 0 Å². The van der Waals surface area contributed by atoms with Crippen LogP contribution in [0, 0.1) is 0 Å². The van der Waals surface area contributed by atoms with Crippen molar-refractivity contribution in [2.75, 3.05) is 6.66 Å². The van der Waals surface area contributed by atoms with E-state index in [1.165, 1.54) is 4.57 Å². The molecular weight excluding hydrogens is 199 g/mol. The van der Waals surface area contributed by atoms with E-state index in [1.807, 2.05) is 13.6 Å². The van der Waals surface area contributed by atoms with E-state index in [4.69, 9.17) is 0 Å². The average Bonchev–Trinajstić information content (AvgIpc) is 2.17. The third-order valence-electron chi connectivity index (χ3n) is 2.17. The largest absolute Gasteiger partial charge is 0.334 e. The maximum Gasteiger partial charge on any atom is 0.334 e. The van der Waals surface area contributed by atoms with Gasteiger partial charge in [-0.3, -0.25) is 13.7 Å². The second kappa shape index (κ2) is 4.56. The smallest absolute Gasteiger partial charge is 0.279 e. The highest BCUT2D eigenvalue weighted by Crippen LogP contribution is 2.08. The van der Waals surface area contributed by atoms with Crippen molar-refractivity contribution >= 4 is 8.73 Å². The van der Waals surface area contributed by atoms with E-state index in [-0.39, 0.29) is 11.2 Å². The summed E-state index contributed by atoms with van der Waals surface area (Å²) < 4.78 is 2.93. The summed E-state index contributed by atoms with van der Waals surface area (Å²) in [4.78, 5) is 23.2. The number of hydrogen-bond donors (Lipinski definition) is 0. The summed E-state index contributed by atoms with van der Waals surface area (Å²) in [6.07, 6.45) is 0.718. The summed E-state index contributed by atoms with van der Waals surface area (Å²) in [6, 6.07) is 1.56. The van der Waals surface area contributed by atoms with Gasteiger partial charge in [-0.05, 0) is 28.7 Å². The Hall–Kier alpha value is -0.890. The minimum atomic E-state index is -0.191. The van der Waals surface area contributed by atoms with Crippen LogP contribution in [0.1, 0.15) is 19.5 Å². The first-order valence-corrected chi connectivity index (χ1v) is 6.13. The van der Waals surface area contributed by atoms with Crippen LogP contribution in [0.25, 0.3) is 0 Å². The van der Waals surface area contributed by atoms with Crippen molar-refractivity contribution in [1.29, 1.82) is 0 Å². The molecule has 5 heteroatoms. The molecule has 0 radical (unpaired) electrons. The number of rotatable bonds is 3. The van der Waals surface area contributed by atoms with Gasteiger partial charge in [0, 0.05) is 18.3 Å². The molecule has 0 aliphatic heterocycles. The van der Waals surface area contributed by atoms with Gasteiger partial charge in [0.1, 0.15) is 0 Å². The summed E-state index contributed by atoms with van der Waals surface area (Å²) in [6.45, 7) is 6.12. The summed E-state index contributed by atoms with van der Waals surface area (Å²) in [5.41, 5.74) is 0.451. The van der Waals surface area contributed by atoms with Gasteiger partial charge in [-0.1, -0.05) is 6.92 Å². The maximum absolute atomic E-state index is 11.8. The molecular formula is C9H15N2O2P. The van der Waals surface area contributed by atoms with E-state index in [0.717, 1.165) is 12.1 Å². The van der Waals surface area contributed by atoms with E-state index in [2.05, 4.69) is 0 Å². The van der Waals surface area contributed by atoms with Crippen LogP contribution < -0.4 is 11.2 Å². The first-order valence-electron chi connectivity index (χ1n) is 4.69. The standard InChI is InChI=1S/C9H15N2O2P/c1-4-7-6-8(12)10(5-2)9(13)11(7)14-3/h6,14H,4-5H2,1-3H3. The normalized spacial score (nSPS) is 11.4. The molecule has 4 nitrogen and oxygen atoms in total. The molecule has 1 aromatic heterocycles. The monoisotopic (exact) mass is 214 g/mol. The number of nitrogens with zero attached hydrogens (tertiary/aromatic N) is 2. The lowest BCUT2D eigenvalue weighted by atomic mass is 10.3. The van der Waals surface area contributed by atoms with Gasteiger partial charge in [-0.25, -0.2) is 4.79 Å². The molecule has 0 bridgehead atoms. The van der Waals surface area contributed by atoms with Gasteiger partial charge in [0.15, 0.2) is 0 Å². The zero-order valence-corrected chi connectivity index (χ0v) is 9.70. The van der Waals surface area contributed by atoms with Crippen LogP contribution in [-0.4, -0.2) is 15.6 Å². The summed E-state index contributed by atoms with van der Waals surface area (Å²) in [7, 11) is 0.375. The number of hydrogen-bond acceptors (Lipinski definition) is 2. The van der Waals surface area contributed by atoms with Crippen LogP contribution in [-0.2, 0) is 13.0 Å². The van der Waals surface area contributed by atoms with Crippen LogP contribution in [0.4, 0.5) is 0 Å². The van der Waals surface area contributed by atoms with Crippen molar-refractivity contribution in [3.8, 4) is 0 Å². The van der Waals surface area contributed by atoms with E-state index >= 15 is 0 Å². The predicted octanol–water partition coefficient (Wildman–Crippen LogP) is 0.664. The Morgan fingerprint density at radius 3 is 2.43 bits per heavy atom. The molecule has 0 fully saturated rings. The Labute approximate surface area is 84.4 Å². The van der Waals surface area contributed by atoms with E-state index < -0.39 is 0 Å². The molecule has 1 atom stereocenters. The molecule has 1 aromatic rings. The van der Waals surface area contributed by atoms with Crippen molar-refractivity contribution < 1.29 is 0 Å². The first kappa shape index (κ1) is 11.2. The van der Waals surface area contributed by atoms with Gasteiger partial charge in [-0.15, -0.1) is 0 Å². The van der Waals surface area contributed by atoms with Crippen LogP contribution in [0.3, 0.4) is 0 Å². The lowest BCUT2D eigenvalue weighted by molar-refractivity contribution is 0.651. The highest BCUT2D eigenvalue weighted by Gasteiger charge is 2.06. The van der Waals surface area contributed by atoms with Gasteiger partial charge in [-0.2, -0.15) is 0 Å². The minimum Gasteiger partial charge on any atom is -0.279 e. The molecule has 14 heavy (non-hydrogen) atoms. The van der Waals surface area contributed by atoms with Gasteiger partial charge < -0.3 is 0 Å². The van der Waals surface area contributed by atoms with Gasteiger partial charge in [0.25, 0.3) is 5.56 Å². The lowest BCUT2D eigenvalue weighted by Gasteiger charge is -2.10. The molecule has 0 N–H and O–H groups in total. The van der Waals surface area contributed by atoms with E-state index in [0.29, 0.717) is 15.3 Å². The predicted molar refractivity (Wildman–Crippen MR) is 59.7 cm³/mol. The zero-order valence-electron chi connectivity index (χ0n) is 8.70. The fourth-order valence-corrected chi connectivity index (χ4v) is 2.24. The van der Waals surface area contributed by atoms with Gasteiger partial charge in [0.2, 0.25) is 0 Å². The second-order valence-electron chi connectivity index (χ2n) is 2.91. The third kappa shape index (κ3) is 1.80. The molecule has 1 heterocycles. The summed E-state index contributed by atoms with van der Waals surface area (Å²) >= 11 is 0. The molecule has 0 aliphatic rings. The molecule has 0 aromatic carbocycles. The van der Waals surface area contributed by atoms with Crippen molar-refractivity contribution in [2.45, 2.75) is 26.8 Å². The molecule has 1 unspecified atom stereocenters. The lowest BCUT2D eigenvalue weighted by Crippen LogP contribution is -2.38. The quantitative estimate of drug-likeness (QED) is 0.694. The third-order valence-corrected chi connectivity index (χ3v) is 3.09. The Balaban J connectivity index is 3.56. The SMILES string of the molecule is CCc1cc(=O)n(CC)c(=O)n1PC. The highest BCUT2D eigenvalue weighted by molar-refractivity contribution is 7.35. The van der Waals surface area contributed by atoms with E-state index in [1.54, 1.807) is 17.3 Å². The molecule has 0 saturated carbocycles. The molecule has 78 valence electrons. The number of aromatic nitrogens is 2. The molecule has 1 rings (SSSR count). The van der Waals surface area contributed by atoms with Crippen molar-refractivity contribution in [1.82, 2.24) is 8.90 Å². The summed E-state index contributed by atoms with van der Waals surface area (Å²) in [5.74, 6) is 0. The minimum absolute atomic E-state index is 0.183. The Bertz CT molecular complexity index is 433. The highest BCUT2D eigenvalue weighted by atomic mass is 31.1. The maximum atomic E-state index is 11.8. The molecule has 0 saturated heterocycles. The van der Waals surface area contributed by atoms with Crippen molar-refractivity contribution in [3.63, 3.8) is 0 Å². The topological polar surface area (TPSA) is 44.0 Å². The average molecular weight is 214 g/mol. The van der Waals surface area contributed by atoms with Crippen LogP contribution in [0.15, 0.2) is 15.7 Å². The van der Waals surface area contributed by atoms with Crippen molar-refractivity contribution in [3.05, 3.63) is 32.6 Å². The second-order valence-corrected chi connectivity index (χ2v) is 3.81. The fraction of sp³-hybridized carbons (Fsp3) is 0.556. The molecule has 0 amide bonds.